The van der Waals surface area contributed by atoms with E-state index in [-0.39, 0.29) is 24.9 Å². The molecule has 1 aliphatic carbocycles. The first kappa shape index (κ1) is 19.1. The standard InChI is InChI=1S/C20H29FN2O3/c1-26-16-9-8-15(17(21)11-16)12-22-18(13-24)20(25)23-10-4-6-14-5-2-3-7-19(14)23/h8-9,11,14,18-19,22,24H,2-7,10,12-13H2,1H3/t14-,18-,19+/m1/s1. The number of likely N-dealkylation sites (tertiary alicyclic amines) is 1. The highest BCUT2D eigenvalue weighted by molar-refractivity contribution is 5.82. The van der Waals surface area contributed by atoms with Crippen LogP contribution in [0.25, 0.3) is 0 Å². The van der Waals surface area contributed by atoms with Crippen LogP contribution < -0.4 is 10.1 Å². The van der Waals surface area contributed by atoms with Gasteiger partial charge in [0.05, 0.1) is 13.7 Å². The zero-order valence-corrected chi connectivity index (χ0v) is 15.4. The number of ether oxygens (including phenoxy) is 1. The van der Waals surface area contributed by atoms with Gasteiger partial charge >= 0.3 is 0 Å². The van der Waals surface area contributed by atoms with E-state index in [4.69, 9.17) is 4.74 Å². The first-order valence-corrected chi connectivity index (χ1v) is 9.61. The molecule has 0 radical (unpaired) electrons. The third-order valence-electron chi connectivity index (χ3n) is 5.81. The third-order valence-corrected chi connectivity index (χ3v) is 5.81. The lowest BCUT2D eigenvalue weighted by Crippen LogP contribution is -2.56. The molecule has 144 valence electrons. The molecule has 1 aromatic rings. The van der Waals surface area contributed by atoms with Gasteiger partial charge in [-0.05, 0) is 37.7 Å². The molecule has 1 heterocycles. The summed E-state index contributed by atoms with van der Waals surface area (Å²) >= 11 is 0. The summed E-state index contributed by atoms with van der Waals surface area (Å²) in [5.74, 6) is 0.613. The highest BCUT2D eigenvalue weighted by atomic mass is 19.1. The molecule has 26 heavy (non-hydrogen) atoms. The van der Waals surface area contributed by atoms with Crippen LogP contribution in [-0.4, -0.2) is 48.3 Å². The summed E-state index contributed by atoms with van der Waals surface area (Å²) in [7, 11) is 1.49. The molecule has 0 unspecified atom stereocenters. The molecule has 1 saturated carbocycles. The summed E-state index contributed by atoms with van der Waals surface area (Å²) in [6.45, 7) is 0.661. The summed E-state index contributed by atoms with van der Waals surface area (Å²) in [5, 5.41) is 12.8. The molecule has 0 spiro atoms. The van der Waals surface area contributed by atoms with Crippen molar-refractivity contribution < 1.29 is 19.0 Å². The number of fused-ring (bicyclic) bond motifs is 1. The summed E-state index contributed by atoms with van der Waals surface area (Å²) in [4.78, 5) is 14.9. The molecule has 2 fully saturated rings. The van der Waals surface area contributed by atoms with Crippen LogP contribution >= 0.6 is 0 Å². The van der Waals surface area contributed by atoms with E-state index in [1.807, 2.05) is 4.90 Å². The first-order chi connectivity index (χ1) is 12.6. The number of hydrogen-bond acceptors (Lipinski definition) is 4. The Kier molecular flexibility index (Phi) is 6.48. The second-order valence-corrected chi connectivity index (χ2v) is 7.36. The van der Waals surface area contributed by atoms with Gasteiger partial charge in [0, 0.05) is 30.8 Å². The van der Waals surface area contributed by atoms with E-state index in [2.05, 4.69) is 5.32 Å². The van der Waals surface area contributed by atoms with Gasteiger partial charge in [-0.2, -0.15) is 0 Å². The normalized spacial score (nSPS) is 24.0. The smallest absolute Gasteiger partial charge is 0.242 e. The van der Waals surface area contributed by atoms with E-state index in [0.29, 0.717) is 23.3 Å². The van der Waals surface area contributed by atoms with E-state index in [0.717, 1.165) is 19.4 Å². The maximum atomic E-state index is 14.1. The minimum Gasteiger partial charge on any atom is -0.497 e. The molecule has 1 aliphatic heterocycles. The second kappa shape index (κ2) is 8.82. The monoisotopic (exact) mass is 364 g/mol. The highest BCUT2D eigenvalue weighted by Crippen LogP contribution is 2.35. The number of nitrogens with zero attached hydrogens (tertiary/aromatic N) is 1. The Bertz CT molecular complexity index is 623. The molecule has 0 aromatic heterocycles. The molecule has 5 nitrogen and oxygen atoms in total. The van der Waals surface area contributed by atoms with E-state index in [9.17, 15) is 14.3 Å². The van der Waals surface area contributed by atoms with Gasteiger partial charge < -0.3 is 14.7 Å². The number of aliphatic hydroxyl groups excluding tert-OH is 1. The second-order valence-electron chi connectivity index (χ2n) is 7.36. The number of methoxy groups -OCH3 is 1. The number of rotatable bonds is 6. The van der Waals surface area contributed by atoms with Gasteiger partial charge in [-0.1, -0.05) is 18.9 Å². The molecular formula is C20H29FN2O3. The Morgan fingerprint density at radius 1 is 1.35 bits per heavy atom. The number of amides is 1. The van der Waals surface area contributed by atoms with Crippen LogP contribution in [0.4, 0.5) is 4.39 Å². The van der Waals surface area contributed by atoms with Gasteiger partial charge in [-0.3, -0.25) is 10.1 Å². The number of carbonyl (C=O) groups is 1. The van der Waals surface area contributed by atoms with Crippen molar-refractivity contribution in [3.63, 3.8) is 0 Å². The van der Waals surface area contributed by atoms with Gasteiger partial charge in [0.2, 0.25) is 5.91 Å². The lowest BCUT2D eigenvalue weighted by atomic mass is 9.78. The Balaban J connectivity index is 1.63. The van der Waals surface area contributed by atoms with Crippen molar-refractivity contribution in [3.8, 4) is 5.75 Å². The van der Waals surface area contributed by atoms with Crippen molar-refractivity contribution in [1.82, 2.24) is 10.2 Å². The summed E-state index contributed by atoms with van der Waals surface area (Å²) < 4.78 is 19.1. The number of hydrogen-bond donors (Lipinski definition) is 2. The first-order valence-electron chi connectivity index (χ1n) is 9.61. The molecule has 1 aromatic carbocycles. The average molecular weight is 364 g/mol. The van der Waals surface area contributed by atoms with Crippen LogP contribution in [0, 0.1) is 11.7 Å². The van der Waals surface area contributed by atoms with Gasteiger partial charge in [-0.15, -0.1) is 0 Å². The zero-order valence-electron chi connectivity index (χ0n) is 15.4. The molecule has 3 rings (SSSR count). The predicted molar refractivity (Wildman–Crippen MR) is 97.4 cm³/mol. The quantitative estimate of drug-likeness (QED) is 0.814. The van der Waals surface area contributed by atoms with E-state index in [1.54, 1.807) is 12.1 Å². The summed E-state index contributed by atoms with van der Waals surface area (Å²) in [6, 6.07) is 4.26. The molecule has 0 bridgehead atoms. The number of carbonyl (C=O) groups excluding carboxylic acids is 1. The minimum atomic E-state index is -0.697. The highest BCUT2D eigenvalue weighted by Gasteiger charge is 2.37. The number of halogens is 1. The number of nitrogens with one attached hydrogen (secondary N) is 1. The Morgan fingerprint density at radius 3 is 2.85 bits per heavy atom. The Hall–Kier alpha value is -1.66. The van der Waals surface area contributed by atoms with Gasteiger partial charge in [0.1, 0.15) is 17.6 Å². The molecule has 3 atom stereocenters. The van der Waals surface area contributed by atoms with Gasteiger partial charge in [0.25, 0.3) is 0 Å². The van der Waals surface area contributed by atoms with Crippen molar-refractivity contribution in [2.24, 2.45) is 5.92 Å². The maximum Gasteiger partial charge on any atom is 0.242 e. The molecule has 1 amide bonds. The van der Waals surface area contributed by atoms with Crippen LogP contribution in [0.2, 0.25) is 0 Å². The van der Waals surface area contributed by atoms with Crippen LogP contribution in [0.15, 0.2) is 18.2 Å². The van der Waals surface area contributed by atoms with E-state index in [1.165, 1.54) is 38.9 Å². The predicted octanol–water partition coefficient (Wildman–Crippen LogP) is 2.47. The van der Waals surface area contributed by atoms with E-state index >= 15 is 0 Å². The lowest BCUT2D eigenvalue weighted by molar-refractivity contribution is -0.141. The van der Waals surface area contributed by atoms with E-state index < -0.39 is 6.04 Å². The van der Waals surface area contributed by atoms with Gasteiger partial charge in [-0.25, -0.2) is 4.39 Å². The molecule has 1 saturated heterocycles. The molecular weight excluding hydrogens is 335 g/mol. The molecule has 2 aliphatic rings. The lowest BCUT2D eigenvalue weighted by Gasteiger charge is -2.45. The van der Waals surface area contributed by atoms with Crippen LogP contribution in [0.3, 0.4) is 0 Å². The fraction of sp³-hybridized carbons (Fsp3) is 0.650. The zero-order chi connectivity index (χ0) is 18.5. The Labute approximate surface area is 154 Å². The largest absolute Gasteiger partial charge is 0.497 e. The SMILES string of the molecule is COc1ccc(CN[C@H](CO)C(=O)N2CCC[C@H]3CCCC[C@@H]32)c(F)c1. The topological polar surface area (TPSA) is 61.8 Å². The fourth-order valence-corrected chi connectivity index (χ4v) is 4.36. The number of piperidine rings is 1. The average Bonchev–Trinajstić information content (AvgIpc) is 2.68. The van der Waals surface area contributed by atoms with Crippen molar-refractivity contribution in [2.75, 3.05) is 20.3 Å². The van der Waals surface area contributed by atoms with Crippen LogP contribution in [-0.2, 0) is 11.3 Å². The number of benzene rings is 1. The fourth-order valence-electron chi connectivity index (χ4n) is 4.36. The van der Waals surface area contributed by atoms with Crippen LogP contribution in [0.5, 0.6) is 5.75 Å². The molecule has 2 N–H and O–H groups in total. The van der Waals surface area contributed by atoms with Crippen LogP contribution in [0.1, 0.15) is 44.1 Å². The van der Waals surface area contributed by atoms with Gasteiger partial charge in [0.15, 0.2) is 0 Å². The van der Waals surface area contributed by atoms with Crippen molar-refractivity contribution in [2.45, 2.75) is 57.2 Å². The van der Waals surface area contributed by atoms with Crippen molar-refractivity contribution in [1.29, 1.82) is 0 Å². The van der Waals surface area contributed by atoms with Crippen molar-refractivity contribution in [3.05, 3.63) is 29.6 Å². The molecule has 6 heteroatoms. The summed E-state index contributed by atoms with van der Waals surface area (Å²) in [5.41, 5.74) is 0.450. The summed E-state index contributed by atoms with van der Waals surface area (Å²) in [6.07, 6.45) is 6.89. The maximum absolute atomic E-state index is 14.1. The Morgan fingerprint density at radius 2 is 2.12 bits per heavy atom. The minimum absolute atomic E-state index is 0.0574. The third kappa shape index (κ3) is 4.18. The number of aliphatic hydroxyl groups is 1. The van der Waals surface area contributed by atoms with Crippen molar-refractivity contribution >= 4 is 5.91 Å².